The van der Waals surface area contributed by atoms with Gasteiger partial charge in [-0.25, -0.2) is 25.9 Å². The van der Waals surface area contributed by atoms with Gasteiger partial charge >= 0.3 is 0 Å². The van der Waals surface area contributed by atoms with Gasteiger partial charge in [-0.2, -0.15) is 0 Å². The molecular formula is C14H22ClN3O4S2. The lowest BCUT2D eigenvalue weighted by molar-refractivity contribution is 0.448. The molecule has 2 fully saturated rings. The number of nitrogens with one attached hydrogen (secondary N) is 2. The number of halogens is 1. The fourth-order valence-corrected chi connectivity index (χ4v) is 5.79. The molecule has 0 radical (unpaired) electrons. The van der Waals surface area contributed by atoms with Gasteiger partial charge in [-0.3, -0.25) is 0 Å². The minimum atomic E-state index is -3.66. The van der Waals surface area contributed by atoms with Crippen molar-refractivity contribution < 1.29 is 16.8 Å². The first-order valence-corrected chi connectivity index (χ1v) is 10.7. The van der Waals surface area contributed by atoms with Crippen molar-refractivity contribution in [3.8, 4) is 0 Å². The molecule has 2 heterocycles. The molecule has 7 nitrogen and oxygen atoms in total. The van der Waals surface area contributed by atoms with Crippen LogP contribution in [0.4, 0.5) is 0 Å². The van der Waals surface area contributed by atoms with E-state index in [1.165, 1.54) is 16.4 Å². The Balaban J connectivity index is 0.00000208. The van der Waals surface area contributed by atoms with E-state index in [9.17, 15) is 16.8 Å². The Morgan fingerprint density at radius 1 is 1.04 bits per heavy atom. The van der Waals surface area contributed by atoms with Gasteiger partial charge in [0.2, 0.25) is 20.0 Å². The highest BCUT2D eigenvalue weighted by atomic mass is 35.5. The van der Waals surface area contributed by atoms with Crippen molar-refractivity contribution in [1.29, 1.82) is 0 Å². The quantitative estimate of drug-likeness (QED) is 0.699. The third kappa shape index (κ3) is 4.27. The van der Waals surface area contributed by atoms with Crippen LogP contribution in [0.25, 0.3) is 0 Å². The zero-order chi connectivity index (χ0) is 16.5. The van der Waals surface area contributed by atoms with Crippen molar-refractivity contribution in [2.24, 2.45) is 11.8 Å². The molecule has 0 aliphatic carbocycles. The molecule has 3 rings (SSSR count). The zero-order valence-corrected chi connectivity index (χ0v) is 15.5. The summed E-state index contributed by atoms with van der Waals surface area (Å²) in [5.74, 6) is 0.544. The second-order valence-electron chi connectivity index (χ2n) is 6.02. The van der Waals surface area contributed by atoms with Gasteiger partial charge in [0.05, 0.1) is 10.6 Å². The number of benzene rings is 1. The third-order valence-corrected chi connectivity index (χ3v) is 7.74. The molecule has 10 heteroatoms. The minimum absolute atomic E-state index is 0. The SMILES string of the molecule is Cl.O=S(=O)(NCCS(=O)(=O)N1C[C@H]2CNC[C@H]2C1)c1ccccc1. The van der Waals surface area contributed by atoms with E-state index in [0.717, 1.165) is 13.1 Å². The Morgan fingerprint density at radius 2 is 1.62 bits per heavy atom. The average molecular weight is 396 g/mol. The summed E-state index contributed by atoms with van der Waals surface area (Å²) in [6, 6.07) is 7.93. The summed E-state index contributed by atoms with van der Waals surface area (Å²) in [6.07, 6.45) is 0. The van der Waals surface area contributed by atoms with Crippen molar-refractivity contribution in [3.63, 3.8) is 0 Å². The van der Waals surface area contributed by atoms with E-state index >= 15 is 0 Å². The maximum atomic E-state index is 12.4. The zero-order valence-electron chi connectivity index (χ0n) is 13.1. The van der Waals surface area contributed by atoms with E-state index in [0.29, 0.717) is 24.9 Å². The summed E-state index contributed by atoms with van der Waals surface area (Å²) >= 11 is 0. The first kappa shape index (κ1) is 19.6. The molecule has 0 spiro atoms. The van der Waals surface area contributed by atoms with E-state index in [2.05, 4.69) is 10.0 Å². The van der Waals surface area contributed by atoms with Crippen LogP contribution in [0.1, 0.15) is 0 Å². The minimum Gasteiger partial charge on any atom is -0.316 e. The Bertz CT molecular complexity index is 743. The van der Waals surface area contributed by atoms with Crippen molar-refractivity contribution in [2.75, 3.05) is 38.5 Å². The lowest BCUT2D eigenvalue weighted by atomic mass is 10.0. The maximum absolute atomic E-state index is 12.4. The fraction of sp³-hybridized carbons (Fsp3) is 0.571. The van der Waals surface area contributed by atoms with Gasteiger partial charge in [-0.05, 0) is 37.1 Å². The fourth-order valence-electron chi connectivity index (χ4n) is 3.16. The summed E-state index contributed by atoms with van der Waals surface area (Å²) in [7, 11) is -7.09. The summed E-state index contributed by atoms with van der Waals surface area (Å²) in [5.41, 5.74) is 0. The molecule has 2 N–H and O–H groups in total. The number of hydrogen-bond acceptors (Lipinski definition) is 5. The number of rotatable bonds is 6. The predicted molar refractivity (Wildman–Crippen MR) is 94.1 cm³/mol. The van der Waals surface area contributed by atoms with Crippen LogP contribution in [0.5, 0.6) is 0 Å². The van der Waals surface area contributed by atoms with Gasteiger partial charge in [-0.1, -0.05) is 18.2 Å². The first-order chi connectivity index (χ1) is 10.9. The van der Waals surface area contributed by atoms with Crippen molar-refractivity contribution in [3.05, 3.63) is 30.3 Å². The van der Waals surface area contributed by atoms with E-state index in [4.69, 9.17) is 0 Å². The molecule has 136 valence electrons. The van der Waals surface area contributed by atoms with Gasteiger partial charge in [0.15, 0.2) is 0 Å². The Kier molecular flexibility index (Phi) is 6.27. The molecule has 2 atom stereocenters. The third-order valence-electron chi connectivity index (χ3n) is 4.46. The smallest absolute Gasteiger partial charge is 0.240 e. The first-order valence-electron chi connectivity index (χ1n) is 7.62. The van der Waals surface area contributed by atoms with Gasteiger partial charge in [0.1, 0.15) is 0 Å². The van der Waals surface area contributed by atoms with E-state index in [1.807, 2.05) is 0 Å². The molecule has 1 aromatic carbocycles. The van der Waals surface area contributed by atoms with Gasteiger partial charge in [0.25, 0.3) is 0 Å². The maximum Gasteiger partial charge on any atom is 0.240 e. The lowest BCUT2D eigenvalue weighted by Crippen LogP contribution is -2.37. The highest BCUT2D eigenvalue weighted by Crippen LogP contribution is 2.28. The number of hydrogen-bond donors (Lipinski definition) is 2. The molecular weight excluding hydrogens is 374 g/mol. The van der Waals surface area contributed by atoms with E-state index < -0.39 is 20.0 Å². The van der Waals surface area contributed by atoms with Crippen molar-refractivity contribution >= 4 is 32.5 Å². The van der Waals surface area contributed by atoms with E-state index in [1.54, 1.807) is 18.2 Å². The lowest BCUT2D eigenvalue weighted by Gasteiger charge is -2.17. The van der Waals surface area contributed by atoms with Crippen LogP contribution in [0.3, 0.4) is 0 Å². The molecule has 1 aromatic rings. The number of fused-ring (bicyclic) bond motifs is 1. The van der Waals surface area contributed by atoms with Crippen molar-refractivity contribution in [1.82, 2.24) is 14.3 Å². The highest BCUT2D eigenvalue weighted by Gasteiger charge is 2.40. The Morgan fingerprint density at radius 3 is 2.21 bits per heavy atom. The molecule has 0 amide bonds. The molecule has 2 aliphatic heterocycles. The van der Waals surface area contributed by atoms with Crippen LogP contribution in [0.2, 0.25) is 0 Å². The molecule has 2 saturated heterocycles. The van der Waals surface area contributed by atoms with Crippen molar-refractivity contribution in [2.45, 2.75) is 4.90 Å². The highest BCUT2D eigenvalue weighted by molar-refractivity contribution is 7.90. The second-order valence-corrected chi connectivity index (χ2v) is 9.88. The van der Waals surface area contributed by atoms with Crippen LogP contribution in [-0.2, 0) is 20.0 Å². The number of sulfonamides is 2. The van der Waals surface area contributed by atoms with Gasteiger partial charge < -0.3 is 5.32 Å². The standard InChI is InChI=1S/C14H21N3O4S2.ClH/c18-22(19,17-10-12-8-15-9-13(12)11-17)7-6-16-23(20,21)14-4-2-1-3-5-14;/h1-5,12-13,15-16H,6-11H2;1H/t12-,13+;. The molecule has 0 unspecified atom stereocenters. The number of nitrogens with zero attached hydrogens (tertiary/aromatic N) is 1. The van der Waals surface area contributed by atoms with Crippen LogP contribution in [-0.4, -0.2) is 59.6 Å². The van der Waals surface area contributed by atoms with Gasteiger partial charge in [-0.15, -0.1) is 12.4 Å². The van der Waals surface area contributed by atoms with Crippen LogP contribution in [0, 0.1) is 11.8 Å². The summed E-state index contributed by atoms with van der Waals surface area (Å²) in [4.78, 5) is 0.138. The Labute approximate surface area is 149 Å². The van der Waals surface area contributed by atoms with Crippen LogP contribution in [0.15, 0.2) is 35.2 Å². The van der Waals surface area contributed by atoms with Crippen LogP contribution < -0.4 is 10.0 Å². The summed E-state index contributed by atoms with van der Waals surface area (Å²) in [5, 5.41) is 3.26. The molecule has 24 heavy (non-hydrogen) atoms. The largest absolute Gasteiger partial charge is 0.316 e. The Hall–Kier alpha value is -0.710. The summed E-state index contributed by atoms with van der Waals surface area (Å²) in [6.45, 7) is 2.66. The summed E-state index contributed by atoms with van der Waals surface area (Å²) < 4.78 is 52.7. The molecule has 0 bridgehead atoms. The van der Waals surface area contributed by atoms with E-state index in [-0.39, 0.29) is 29.6 Å². The topological polar surface area (TPSA) is 95.6 Å². The molecule has 0 aromatic heterocycles. The second kappa shape index (κ2) is 7.67. The molecule has 2 aliphatic rings. The van der Waals surface area contributed by atoms with Crippen LogP contribution >= 0.6 is 12.4 Å². The molecule has 0 saturated carbocycles. The average Bonchev–Trinajstić information content (AvgIpc) is 3.09. The predicted octanol–water partition coefficient (Wildman–Crippen LogP) is -0.132. The van der Waals surface area contributed by atoms with Gasteiger partial charge in [0, 0.05) is 19.6 Å². The normalized spacial score (nSPS) is 24.5. The monoisotopic (exact) mass is 395 g/mol.